The number of fused-ring (bicyclic) bond motifs is 5. The number of aliphatic hydroxyl groups excluding tert-OH is 1. The highest BCUT2D eigenvalue weighted by Crippen LogP contribution is 2.64. The second-order valence-electron chi connectivity index (χ2n) is 9.31. The minimum atomic E-state index is -0.455. The van der Waals surface area contributed by atoms with Gasteiger partial charge in [0.1, 0.15) is 11.6 Å². The summed E-state index contributed by atoms with van der Waals surface area (Å²) in [7, 11) is 0. The zero-order chi connectivity index (χ0) is 17.3. The SMILES string of the molecule is C#C[C@H]1C[C@@H]2CC(=O)[C@@H]3[C@H](CC[C@]4(C)C(=O)CC[C@@H]34)[C@@]2(C)C[C@@H]1O. The van der Waals surface area contributed by atoms with Gasteiger partial charge in [-0.2, -0.15) is 0 Å². The number of rotatable bonds is 0. The van der Waals surface area contributed by atoms with Crippen LogP contribution in [0.2, 0.25) is 0 Å². The van der Waals surface area contributed by atoms with E-state index in [1.165, 1.54) is 0 Å². The maximum Gasteiger partial charge on any atom is 0.139 e. The summed E-state index contributed by atoms with van der Waals surface area (Å²) in [6.45, 7) is 4.37. The lowest BCUT2D eigenvalue weighted by atomic mass is 9.44. The summed E-state index contributed by atoms with van der Waals surface area (Å²) in [6.07, 6.45) is 10.6. The molecule has 4 aliphatic rings. The Labute approximate surface area is 144 Å². The number of carbonyl (C=O) groups excluding carboxylic acids is 2. The van der Waals surface area contributed by atoms with Gasteiger partial charge in [0, 0.05) is 30.1 Å². The third-order valence-corrected chi connectivity index (χ3v) is 8.44. The summed E-state index contributed by atoms with van der Waals surface area (Å²) in [4.78, 5) is 25.5. The summed E-state index contributed by atoms with van der Waals surface area (Å²) in [6, 6.07) is 0. The van der Waals surface area contributed by atoms with Crippen LogP contribution >= 0.6 is 0 Å². The van der Waals surface area contributed by atoms with Gasteiger partial charge < -0.3 is 5.11 Å². The highest BCUT2D eigenvalue weighted by Gasteiger charge is 2.63. The first kappa shape index (κ1) is 16.3. The summed E-state index contributed by atoms with van der Waals surface area (Å²) < 4.78 is 0. The number of hydrogen-bond donors (Lipinski definition) is 1. The molecule has 4 aliphatic carbocycles. The molecule has 0 saturated heterocycles. The highest BCUT2D eigenvalue weighted by atomic mass is 16.3. The Morgan fingerprint density at radius 1 is 1.21 bits per heavy atom. The van der Waals surface area contributed by atoms with E-state index in [9.17, 15) is 14.7 Å². The molecule has 1 N–H and O–H groups in total. The van der Waals surface area contributed by atoms with Crippen molar-refractivity contribution < 1.29 is 14.7 Å². The van der Waals surface area contributed by atoms with Crippen molar-refractivity contribution in [1.29, 1.82) is 0 Å². The Hall–Kier alpha value is -1.14. The maximum absolute atomic E-state index is 13.1. The Kier molecular flexibility index (Phi) is 3.52. The normalized spacial score (nSPS) is 53.8. The van der Waals surface area contributed by atoms with Crippen molar-refractivity contribution in [3.63, 3.8) is 0 Å². The van der Waals surface area contributed by atoms with Crippen LogP contribution in [0, 0.1) is 52.8 Å². The highest BCUT2D eigenvalue weighted by molar-refractivity contribution is 5.90. The average Bonchev–Trinajstić information content (AvgIpc) is 2.83. The first-order valence-electron chi connectivity index (χ1n) is 9.51. The van der Waals surface area contributed by atoms with E-state index in [2.05, 4.69) is 19.8 Å². The minimum Gasteiger partial charge on any atom is -0.392 e. The molecule has 130 valence electrons. The van der Waals surface area contributed by atoms with Crippen LogP contribution in [-0.4, -0.2) is 22.8 Å². The predicted octanol–water partition coefficient (Wildman–Crippen LogP) is 3.00. The van der Waals surface area contributed by atoms with Crippen LogP contribution in [-0.2, 0) is 9.59 Å². The number of terminal acetylenes is 1. The molecule has 8 atom stereocenters. The Bertz CT molecular complexity index is 631. The maximum atomic E-state index is 13.1. The van der Waals surface area contributed by atoms with E-state index >= 15 is 0 Å². The van der Waals surface area contributed by atoms with Gasteiger partial charge in [0.25, 0.3) is 0 Å². The molecule has 0 heterocycles. The molecule has 0 radical (unpaired) electrons. The van der Waals surface area contributed by atoms with Crippen LogP contribution in [0.3, 0.4) is 0 Å². The molecule has 0 aliphatic heterocycles. The second-order valence-corrected chi connectivity index (χ2v) is 9.31. The number of carbonyl (C=O) groups is 2. The van der Waals surface area contributed by atoms with Crippen molar-refractivity contribution in [1.82, 2.24) is 0 Å². The monoisotopic (exact) mass is 328 g/mol. The molecule has 0 amide bonds. The zero-order valence-corrected chi connectivity index (χ0v) is 14.8. The van der Waals surface area contributed by atoms with E-state index in [-0.39, 0.29) is 34.5 Å². The van der Waals surface area contributed by atoms with Crippen LogP contribution < -0.4 is 0 Å². The number of hydrogen-bond acceptors (Lipinski definition) is 3. The molecule has 4 rings (SSSR count). The molecular formula is C21H28O3. The minimum absolute atomic E-state index is 0.0156. The van der Waals surface area contributed by atoms with Gasteiger partial charge >= 0.3 is 0 Å². The Morgan fingerprint density at radius 3 is 2.67 bits per heavy atom. The molecule has 24 heavy (non-hydrogen) atoms. The lowest BCUT2D eigenvalue weighted by Gasteiger charge is -2.59. The van der Waals surface area contributed by atoms with Gasteiger partial charge in [-0.15, -0.1) is 12.3 Å². The number of Topliss-reactive ketones (excluding diaryl/α,β-unsaturated/α-hetero) is 2. The lowest BCUT2D eigenvalue weighted by molar-refractivity contribution is -0.164. The fourth-order valence-corrected chi connectivity index (χ4v) is 6.92. The Balaban J connectivity index is 1.70. The van der Waals surface area contributed by atoms with Crippen LogP contribution in [0.25, 0.3) is 0 Å². The lowest BCUT2D eigenvalue weighted by Crippen LogP contribution is -2.58. The van der Waals surface area contributed by atoms with Gasteiger partial charge in [-0.3, -0.25) is 9.59 Å². The summed E-state index contributed by atoms with van der Waals surface area (Å²) >= 11 is 0. The van der Waals surface area contributed by atoms with Crippen molar-refractivity contribution in [3.8, 4) is 12.3 Å². The summed E-state index contributed by atoms with van der Waals surface area (Å²) in [5.41, 5.74) is -0.299. The largest absolute Gasteiger partial charge is 0.392 e. The van der Waals surface area contributed by atoms with Crippen molar-refractivity contribution in [2.45, 2.75) is 64.9 Å². The smallest absolute Gasteiger partial charge is 0.139 e. The third kappa shape index (κ3) is 1.96. The molecule has 3 heteroatoms. The van der Waals surface area contributed by atoms with Gasteiger partial charge in [-0.25, -0.2) is 0 Å². The first-order valence-corrected chi connectivity index (χ1v) is 9.51. The fourth-order valence-electron chi connectivity index (χ4n) is 6.92. The number of ketones is 2. The van der Waals surface area contributed by atoms with Crippen LogP contribution in [0.5, 0.6) is 0 Å². The van der Waals surface area contributed by atoms with Crippen LogP contribution in [0.15, 0.2) is 0 Å². The molecule has 0 aromatic heterocycles. The van der Waals surface area contributed by atoms with Gasteiger partial charge in [-0.05, 0) is 55.3 Å². The quantitative estimate of drug-likeness (QED) is 0.696. The van der Waals surface area contributed by atoms with E-state index in [1.54, 1.807) is 0 Å². The molecule has 0 aromatic rings. The molecular weight excluding hydrogens is 300 g/mol. The van der Waals surface area contributed by atoms with Crippen molar-refractivity contribution >= 4 is 11.6 Å². The molecule has 0 aromatic carbocycles. The van der Waals surface area contributed by atoms with E-state index in [0.29, 0.717) is 36.7 Å². The fraction of sp³-hybridized carbons (Fsp3) is 0.810. The molecule has 0 bridgehead atoms. The summed E-state index contributed by atoms with van der Waals surface area (Å²) in [5, 5.41) is 10.5. The van der Waals surface area contributed by atoms with Gasteiger partial charge in [0.05, 0.1) is 6.10 Å². The molecule has 0 unspecified atom stereocenters. The number of aliphatic hydroxyl groups is 1. The molecule has 0 spiro atoms. The third-order valence-electron chi connectivity index (χ3n) is 8.44. The predicted molar refractivity (Wildman–Crippen MR) is 90.8 cm³/mol. The standard InChI is InChI=1S/C21H28O3/c1-4-12-9-13-10-16(22)19-14-5-6-18(24)20(14,2)8-7-15(19)21(13,3)11-17(12)23/h1,12-15,17,19,23H,5-11H2,2-3H3/t12-,13+,14-,15-,17-,19-,20-,21-/m0/s1. The van der Waals surface area contributed by atoms with Crippen LogP contribution in [0.1, 0.15) is 58.8 Å². The summed E-state index contributed by atoms with van der Waals surface area (Å²) in [5.74, 6) is 4.18. The van der Waals surface area contributed by atoms with Gasteiger partial charge in [-0.1, -0.05) is 13.8 Å². The molecule has 4 fully saturated rings. The topological polar surface area (TPSA) is 54.4 Å². The van der Waals surface area contributed by atoms with E-state index in [4.69, 9.17) is 6.42 Å². The molecule has 3 nitrogen and oxygen atoms in total. The van der Waals surface area contributed by atoms with Crippen LogP contribution in [0.4, 0.5) is 0 Å². The average molecular weight is 328 g/mol. The van der Waals surface area contributed by atoms with E-state index < -0.39 is 6.10 Å². The van der Waals surface area contributed by atoms with Gasteiger partial charge in [0.15, 0.2) is 0 Å². The van der Waals surface area contributed by atoms with Crippen molar-refractivity contribution in [3.05, 3.63) is 0 Å². The van der Waals surface area contributed by atoms with E-state index in [1.807, 2.05) is 0 Å². The Morgan fingerprint density at radius 2 is 1.96 bits per heavy atom. The first-order chi connectivity index (χ1) is 11.3. The molecule has 4 saturated carbocycles. The second kappa shape index (κ2) is 5.18. The zero-order valence-electron chi connectivity index (χ0n) is 14.8. The van der Waals surface area contributed by atoms with Crippen molar-refractivity contribution in [2.24, 2.45) is 40.4 Å². The van der Waals surface area contributed by atoms with Crippen molar-refractivity contribution in [2.75, 3.05) is 0 Å². The van der Waals surface area contributed by atoms with Gasteiger partial charge in [0.2, 0.25) is 0 Å². The van der Waals surface area contributed by atoms with E-state index in [0.717, 1.165) is 25.7 Å².